The van der Waals surface area contributed by atoms with Crippen molar-refractivity contribution in [2.45, 2.75) is 30.9 Å². The maximum Gasteiger partial charge on any atom is 0.237 e. The summed E-state index contributed by atoms with van der Waals surface area (Å²) in [6, 6.07) is 13.7. The highest BCUT2D eigenvalue weighted by atomic mass is 32.2. The molecule has 2 aromatic rings. The van der Waals surface area contributed by atoms with Crippen molar-refractivity contribution in [1.82, 2.24) is 0 Å². The molecule has 4 heteroatoms. The zero-order valence-electron chi connectivity index (χ0n) is 13.3. The van der Waals surface area contributed by atoms with Crippen LogP contribution < -0.4 is 10.1 Å². The minimum Gasteiger partial charge on any atom is -0.495 e. The van der Waals surface area contributed by atoms with Crippen LogP contribution in [0.25, 0.3) is 0 Å². The van der Waals surface area contributed by atoms with Crippen LogP contribution in [0, 0.1) is 13.8 Å². The standard InChI is InChI=1S/C18H21NO2S/c1-12-9-10-17(13(2)11-12)22-14(3)18(20)19-15-7-5-6-8-16(15)21-4/h5-11,14H,1-4H3,(H,19,20)/t14-/m0/s1. The summed E-state index contributed by atoms with van der Waals surface area (Å²) in [4.78, 5) is 13.5. The first-order chi connectivity index (χ1) is 10.5. The quantitative estimate of drug-likeness (QED) is 0.829. The number of rotatable bonds is 5. The number of hydrogen-bond donors (Lipinski definition) is 1. The fourth-order valence-electron chi connectivity index (χ4n) is 2.16. The lowest BCUT2D eigenvalue weighted by molar-refractivity contribution is -0.115. The molecule has 3 nitrogen and oxygen atoms in total. The minimum absolute atomic E-state index is 0.0329. The van der Waals surface area contributed by atoms with Gasteiger partial charge in [-0.2, -0.15) is 0 Å². The largest absolute Gasteiger partial charge is 0.495 e. The number of nitrogens with one attached hydrogen (secondary N) is 1. The SMILES string of the molecule is COc1ccccc1NC(=O)[C@H](C)Sc1ccc(C)cc1C. The number of hydrogen-bond acceptors (Lipinski definition) is 3. The van der Waals surface area contributed by atoms with E-state index in [0.29, 0.717) is 11.4 Å². The number of carbonyl (C=O) groups excluding carboxylic acids is 1. The molecule has 0 aliphatic heterocycles. The van der Waals surface area contributed by atoms with Crippen molar-refractivity contribution in [2.24, 2.45) is 0 Å². The summed E-state index contributed by atoms with van der Waals surface area (Å²) >= 11 is 1.57. The number of aryl methyl sites for hydroxylation is 2. The molecule has 22 heavy (non-hydrogen) atoms. The number of amides is 1. The fraction of sp³-hybridized carbons (Fsp3) is 0.278. The van der Waals surface area contributed by atoms with Crippen LogP contribution in [-0.4, -0.2) is 18.3 Å². The summed E-state index contributed by atoms with van der Waals surface area (Å²) in [6.07, 6.45) is 0. The Bertz CT molecular complexity index is 670. The van der Waals surface area contributed by atoms with Crippen LogP contribution in [0.2, 0.25) is 0 Å². The first-order valence-corrected chi connectivity index (χ1v) is 8.07. The normalized spacial score (nSPS) is 11.8. The molecule has 0 saturated heterocycles. The first-order valence-electron chi connectivity index (χ1n) is 7.19. The monoisotopic (exact) mass is 315 g/mol. The lowest BCUT2D eigenvalue weighted by Gasteiger charge is -2.15. The van der Waals surface area contributed by atoms with Crippen LogP contribution in [0.3, 0.4) is 0 Å². The van der Waals surface area contributed by atoms with Gasteiger partial charge in [0.1, 0.15) is 5.75 Å². The topological polar surface area (TPSA) is 38.3 Å². The van der Waals surface area contributed by atoms with Crippen molar-refractivity contribution in [2.75, 3.05) is 12.4 Å². The summed E-state index contributed by atoms with van der Waals surface area (Å²) in [5.41, 5.74) is 3.12. The van der Waals surface area contributed by atoms with Gasteiger partial charge in [-0.05, 0) is 44.5 Å². The maximum atomic E-state index is 12.4. The Kier molecular flexibility index (Phi) is 5.50. The van der Waals surface area contributed by atoms with Gasteiger partial charge in [-0.1, -0.05) is 29.8 Å². The number of carbonyl (C=O) groups is 1. The van der Waals surface area contributed by atoms with E-state index in [1.54, 1.807) is 18.9 Å². The van der Waals surface area contributed by atoms with E-state index in [-0.39, 0.29) is 11.2 Å². The van der Waals surface area contributed by atoms with E-state index in [9.17, 15) is 4.79 Å². The lowest BCUT2D eigenvalue weighted by atomic mass is 10.2. The number of para-hydroxylation sites is 2. The molecule has 0 unspecified atom stereocenters. The van der Waals surface area contributed by atoms with E-state index in [1.165, 1.54) is 11.1 Å². The van der Waals surface area contributed by atoms with Crippen LogP contribution in [-0.2, 0) is 4.79 Å². The van der Waals surface area contributed by atoms with Crippen LogP contribution >= 0.6 is 11.8 Å². The Hall–Kier alpha value is -1.94. The van der Waals surface area contributed by atoms with Gasteiger partial charge in [-0.25, -0.2) is 0 Å². The summed E-state index contributed by atoms with van der Waals surface area (Å²) in [5.74, 6) is 0.633. The molecule has 0 aliphatic rings. The van der Waals surface area contributed by atoms with Gasteiger partial charge in [0.25, 0.3) is 0 Å². The second-order valence-corrected chi connectivity index (χ2v) is 6.60. The molecule has 1 N–H and O–H groups in total. The van der Waals surface area contributed by atoms with Crippen LogP contribution in [0.5, 0.6) is 5.75 Å². The molecule has 1 amide bonds. The van der Waals surface area contributed by atoms with Crippen molar-refractivity contribution < 1.29 is 9.53 Å². The van der Waals surface area contributed by atoms with Crippen molar-refractivity contribution >= 4 is 23.4 Å². The highest BCUT2D eigenvalue weighted by molar-refractivity contribution is 8.00. The van der Waals surface area contributed by atoms with Gasteiger partial charge >= 0.3 is 0 Å². The molecule has 0 spiro atoms. The van der Waals surface area contributed by atoms with Gasteiger partial charge in [0, 0.05) is 4.90 Å². The van der Waals surface area contributed by atoms with Gasteiger partial charge in [-0.15, -0.1) is 11.8 Å². The second kappa shape index (κ2) is 7.36. The Morgan fingerprint density at radius 2 is 1.91 bits per heavy atom. The van der Waals surface area contributed by atoms with E-state index in [2.05, 4.69) is 37.4 Å². The third kappa shape index (κ3) is 4.04. The zero-order valence-corrected chi connectivity index (χ0v) is 14.2. The number of benzene rings is 2. The first kappa shape index (κ1) is 16.4. The molecular weight excluding hydrogens is 294 g/mol. The highest BCUT2D eigenvalue weighted by Crippen LogP contribution is 2.29. The molecule has 1 atom stereocenters. The third-order valence-electron chi connectivity index (χ3n) is 3.37. The van der Waals surface area contributed by atoms with Gasteiger partial charge < -0.3 is 10.1 Å². The Balaban J connectivity index is 2.06. The Morgan fingerprint density at radius 3 is 2.59 bits per heavy atom. The van der Waals surface area contributed by atoms with Gasteiger partial charge in [0.15, 0.2) is 0 Å². The maximum absolute atomic E-state index is 12.4. The van der Waals surface area contributed by atoms with E-state index >= 15 is 0 Å². The molecular formula is C18H21NO2S. The molecule has 0 saturated carbocycles. The molecule has 0 fully saturated rings. The summed E-state index contributed by atoms with van der Waals surface area (Å²) in [6.45, 7) is 6.05. The lowest BCUT2D eigenvalue weighted by Crippen LogP contribution is -2.22. The van der Waals surface area contributed by atoms with Crippen molar-refractivity contribution in [1.29, 1.82) is 0 Å². The van der Waals surface area contributed by atoms with Crippen molar-refractivity contribution in [3.63, 3.8) is 0 Å². The third-order valence-corrected chi connectivity index (χ3v) is 4.65. The molecule has 0 bridgehead atoms. The number of anilines is 1. The zero-order chi connectivity index (χ0) is 16.1. The molecule has 0 heterocycles. The average molecular weight is 315 g/mol. The van der Waals surface area contributed by atoms with Gasteiger partial charge in [0.2, 0.25) is 5.91 Å². The predicted octanol–water partition coefficient (Wildman–Crippen LogP) is 4.43. The minimum atomic E-state index is -0.189. The molecule has 2 aromatic carbocycles. The molecule has 2 rings (SSSR count). The molecule has 0 radical (unpaired) electrons. The summed E-state index contributed by atoms with van der Waals surface area (Å²) < 4.78 is 5.25. The molecule has 116 valence electrons. The van der Waals surface area contributed by atoms with E-state index < -0.39 is 0 Å². The Labute approximate surface area is 136 Å². The number of ether oxygens (including phenoxy) is 1. The summed E-state index contributed by atoms with van der Waals surface area (Å²) in [5, 5.41) is 2.74. The van der Waals surface area contributed by atoms with Gasteiger partial charge in [0.05, 0.1) is 18.0 Å². The molecule has 0 aromatic heterocycles. The van der Waals surface area contributed by atoms with Crippen molar-refractivity contribution in [3.8, 4) is 5.75 Å². The van der Waals surface area contributed by atoms with Crippen LogP contribution in [0.1, 0.15) is 18.1 Å². The van der Waals surface area contributed by atoms with Gasteiger partial charge in [-0.3, -0.25) is 4.79 Å². The predicted molar refractivity (Wildman–Crippen MR) is 92.9 cm³/mol. The van der Waals surface area contributed by atoms with Crippen LogP contribution in [0.4, 0.5) is 5.69 Å². The number of thioether (sulfide) groups is 1. The van der Waals surface area contributed by atoms with Crippen LogP contribution in [0.15, 0.2) is 47.4 Å². The molecule has 0 aliphatic carbocycles. The highest BCUT2D eigenvalue weighted by Gasteiger charge is 2.17. The summed E-state index contributed by atoms with van der Waals surface area (Å²) in [7, 11) is 1.60. The Morgan fingerprint density at radius 1 is 1.18 bits per heavy atom. The van der Waals surface area contributed by atoms with E-state index in [0.717, 1.165) is 4.90 Å². The number of methoxy groups -OCH3 is 1. The van der Waals surface area contributed by atoms with E-state index in [4.69, 9.17) is 4.74 Å². The average Bonchev–Trinajstić information content (AvgIpc) is 2.50. The second-order valence-electron chi connectivity index (χ2n) is 5.22. The fourth-order valence-corrected chi connectivity index (χ4v) is 3.10. The van der Waals surface area contributed by atoms with E-state index in [1.807, 2.05) is 31.2 Å². The van der Waals surface area contributed by atoms with Crippen molar-refractivity contribution in [3.05, 3.63) is 53.6 Å². The smallest absolute Gasteiger partial charge is 0.237 e.